The molecule has 0 radical (unpaired) electrons. The Kier molecular flexibility index (Phi) is 8.18. The molecule has 0 atom stereocenters. The van der Waals surface area contributed by atoms with Crippen LogP contribution in [0.1, 0.15) is 73.4 Å². The van der Waals surface area contributed by atoms with E-state index in [2.05, 4.69) is 23.0 Å². The van der Waals surface area contributed by atoms with Gasteiger partial charge in [-0.1, -0.05) is 62.1 Å². The van der Waals surface area contributed by atoms with E-state index >= 15 is 0 Å². The number of nitrogens with zero attached hydrogens (tertiary/aromatic N) is 2. The van der Waals surface area contributed by atoms with Crippen LogP contribution in [0.3, 0.4) is 0 Å². The van der Waals surface area contributed by atoms with Crippen LogP contribution in [-0.2, 0) is 4.74 Å². The van der Waals surface area contributed by atoms with Crippen molar-refractivity contribution in [3.8, 4) is 11.3 Å². The van der Waals surface area contributed by atoms with Crippen molar-refractivity contribution in [1.82, 2.24) is 9.97 Å². The Morgan fingerprint density at radius 2 is 1.78 bits per heavy atom. The van der Waals surface area contributed by atoms with Gasteiger partial charge in [0.25, 0.3) is 0 Å². The fraction of sp³-hybridized carbons (Fsp3) is 0.435. The number of aromatic nitrogens is 2. The number of aryl methyl sites for hydroxylation is 2. The average Bonchev–Trinajstić information content (AvgIpc) is 2.65. The van der Waals surface area contributed by atoms with Crippen LogP contribution in [0.25, 0.3) is 17.3 Å². The number of hydrogen-bond acceptors (Lipinski definition) is 4. The van der Waals surface area contributed by atoms with Crippen LogP contribution < -0.4 is 0 Å². The lowest BCUT2D eigenvalue weighted by Gasteiger charge is -2.12. The minimum absolute atomic E-state index is 0.324. The summed E-state index contributed by atoms with van der Waals surface area (Å²) in [4.78, 5) is 21.7. The number of carbonyl (C=O) groups is 1. The van der Waals surface area contributed by atoms with Crippen molar-refractivity contribution in [1.29, 1.82) is 0 Å². The summed E-state index contributed by atoms with van der Waals surface area (Å²) >= 11 is 0. The lowest BCUT2D eigenvalue weighted by atomic mass is 10.0. The van der Waals surface area contributed by atoms with E-state index in [9.17, 15) is 4.79 Å². The van der Waals surface area contributed by atoms with Crippen LogP contribution in [0.4, 0.5) is 0 Å². The molecule has 0 amide bonds. The minimum atomic E-state index is -0.374. The summed E-state index contributed by atoms with van der Waals surface area (Å²) in [5.74, 6) is 0.257. The Labute approximate surface area is 162 Å². The largest absolute Gasteiger partial charge is 0.462 e. The van der Waals surface area contributed by atoms with Gasteiger partial charge >= 0.3 is 5.97 Å². The Morgan fingerprint density at radius 3 is 2.44 bits per heavy atom. The molecule has 0 aliphatic heterocycles. The number of rotatable bonds is 9. The molecule has 0 saturated heterocycles. The Balaban J connectivity index is 2.34. The summed E-state index contributed by atoms with van der Waals surface area (Å²) in [5.41, 5.74) is 3.78. The maximum atomic E-state index is 12.5. The van der Waals surface area contributed by atoms with Crippen molar-refractivity contribution >= 4 is 12.0 Å². The van der Waals surface area contributed by atoms with Crippen molar-refractivity contribution < 1.29 is 9.53 Å². The molecule has 0 spiro atoms. The second kappa shape index (κ2) is 10.6. The summed E-state index contributed by atoms with van der Waals surface area (Å²) in [6, 6.07) is 8.01. The minimum Gasteiger partial charge on any atom is -0.462 e. The van der Waals surface area contributed by atoms with Gasteiger partial charge in [-0.15, -0.1) is 0 Å². The molecule has 1 aromatic heterocycles. The highest BCUT2D eigenvalue weighted by Crippen LogP contribution is 2.25. The van der Waals surface area contributed by atoms with E-state index in [-0.39, 0.29) is 5.97 Å². The van der Waals surface area contributed by atoms with Gasteiger partial charge in [0.2, 0.25) is 0 Å². The van der Waals surface area contributed by atoms with Crippen LogP contribution >= 0.6 is 0 Å². The second-order valence-corrected chi connectivity index (χ2v) is 6.73. The Hall–Kier alpha value is -2.49. The van der Waals surface area contributed by atoms with Gasteiger partial charge in [-0.05, 0) is 39.7 Å². The molecule has 0 fully saturated rings. The van der Waals surface area contributed by atoms with Gasteiger partial charge < -0.3 is 4.74 Å². The molecule has 144 valence electrons. The zero-order chi connectivity index (χ0) is 19.6. The zero-order valence-electron chi connectivity index (χ0n) is 16.9. The van der Waals surface area contributed by atoms with Gasteiger partial charge in [0.1, 0.15) is 5.56 Å². The van der Waals surface area contributed by atoms with Crippen molar-refractivity contribution in [3.05, 3.63) is 53.0 Å². The fourth-order valence-electron chi connectivity index (χ4n) is 2.91. The molecule has 1 heterocycles. The summed E-state index contributed by atoms with van der Waals surface area (Å²) in [7, 11) is 0. The summed E-state index contributed by atoms with van der Waals surface area (Å²) < 4.78 is 5.23. The molecule has 27 heavy (non-hydrogen) atoms. The zero-order valence-corrected chi connectivity index (χ0v) is 16.9. The maximum absolute atomic E-state index is 12.5. The fourth-order valence-corrected chi connectivity index (χ4v) is 2.91. The third kappa shape index (κ3) is 6.02. The normalized spacial score (nSPS) is 11.1. The Morgan fingerprint density at radius 1 is 1.04 bits per heavy atom. The highest BCUT2D eigenvalue weighted by molar-refractivity contribution is 5.97. The third-order valence-corrected chi connectivity index (χ3v) is 4.40. The molecule has 4 nitrogen and oxygen atoms in total. The van der Waals surface area contributed by atoms with E-state index in [0.29, 0.717) is 29.4 Å². The highest BCUT2D eigenvalue weighted by atomic mass is 16.5. The predicted molar refractivity (Wildman–Crippen MR) is 111 cm³/mol. The smallest absolute Gasteiger partial charge is 0.342 e. The first kappa shape index (κ1) is 20.8. The standard InChI is InChI=1S/C23H30N2O2/c1-5-7-8-9-10-11-12-20-24-18(4)21(23(26)27-6-2)22(25-20)19-15-13-17(3)14-16-19/h11-16H,5-10H2,1-4H3/b12-11+. The predicted octanol–water partition coefficient (Wildman–Crippen LogP) is 5.92. The molecule has 1 aromatic carbocycles. The number of ether oxygens (including phenoxy) is 1. The SMILES string of the molecule is CCCCCC/C=C/c1nc(C)c(C(=O)OCC)c(-c2ccc(C)cc2)n1. The van der Waals surface area contributed by atoms with Gasteiger partial charge in [-0.2, -0.15) is 0 Å². The third-order valence-electron chi connectivity index (χ3n) is 4.40. The van der Waals surface area contributed by atoms with E-state index in [1.165, 1.54) is 25.7 Å². The lowest BCUT2D eigenvalue weighted by molar-refractivity contribution is 0.0525. The van der Waals surface area contributed by atoms with E-state index < -0.39 is 0 Å². The van der Waals surface area contributed by atoms with Crippen molar-refractivity contribution in [2.24, 2.45) is 0 Å². The van der Waals surface area contributed by atoms with Gasteiger partial charge in [0.05, 0.1) is 18.0 Å². The first-order valence-electron chi connectivity index (χ1n) is 9.86. The van der Waals surface area contributed by atoms with Gasteiger partial charge in [-0.3, -0.25) is 0 Å². The number of hydrogen-bond donors (Lipinski definition) is 0. The number of unbranched alkanes of at least 4 members (excludes halogenated alkanes) is 4. The molecule has 0 saturated carbocycles. The molecule has 0 N–H and O–H groups in total. The van der Waals surface area contributed by atoms with Crippen LogP contribution in [0, 0.1) is 13.8 Å². The van der Waals surface area contributed by atoms with E-state index in [0.717, 1.165) is 17.5 Å². The lowest BCUT2D eigenvalue weighted by Crippen LogP contribution is -2.12. The molecular formula is C23H30N2O2. The highest BCUT2D eigenvalue weighted by Gasteiger charge is 2.20. The summed E-state index contributed by atoms with van der Waals surface area (Å²) in [5, 5.41) is 0. The van der Waals surface area contributed by atoms with Crippen molar-refractivity contribution in [3.63, 3.8) is 0 Å². The van der Waals surface area contributed by atoms with Gasteiger partial charge in [0.15, 0.2) is 5.82 Å². The van der Waals surface area contributed by atoms with Crippen LogP contribution in [-0.4, -0.2) is 22.5 Å². The maximum Gasteiger partial charge on any atom is 0.342 e. The van der Waals surface area contributed by atoms with Crippen molar-refractivity contribution in [2.75, 3.05) is 6.61 Å². The molecule has 4 heteroatoms. The number of carbonyl (C=O) groups excluding carboxylic acids is 1. The molecule has 2 aromatic rings. The van der Waals surface area contributed by atoms with Gasteiger partial charge in [0, 0.05) is 5.56 Å². The number of esters is 1. The number of allylic oxidation sites excluding steroid dienone is 1. The number of benzene rings is 1. The van der Waals surface area contributed by atoms with Gasteiger partial charge in [-0.25, -0.2) is 14.8 Å². The molecule has 0 unspecified atom stereocenters. The summed E-state index contributed by atoms with van der Waals surface area (Å²) in [6.07, 6.45) is 10.0. The quantitative estimate of drug-likeness (QED) is 0.408. The van der Waals surface area contributed by atoms with Crippen LogP contribution in [0.2, 0.25) is 0 Å². The molecular weight excluding hydrogens is 336 g/mol. The van der Waals surface area contributed by atoms with E-state index in [4.69, 9.17) is 4.74 Å². The van der Waals surface area contributed by atoms with Crippen molar-refractivity contribution in [2.45, 2.75) is 59.8 Å². The Bertz CT molecular complexity index is 780. The molecule has 0 aliphatic rings. The van der Waals surface area contributed by atoms with Crippen LogP contribution in [0.15, 0.2) is 30.3 Å². The van der Waals surface area contributed by atoms with E-state index in [1.807, 2.05) is 44.2 Å². The topological polar surface area (TPSA) is 52.1 Å². The average molecular weight is 367 g/mol. The molecule has 0 bridgehead atoms. The first-order valence-corrected chi connectivity index (χ1v) is 9.86. The van der Waals surface area contributed by atoms with Crippen LogP contribution in [0.5, 0.6) is 0 Å². The molecule has 0 aliphatic carbocycles. The monoisotopic (exact) mass is 366 g/mol. The molecule has 2 rings (SSSR count). The van der Waals surface area contributed by atoms with E-state index in [1.54, 1.807) is 6.92 Å². The summed E-state index contributed by atoms with van der Waals surface area (Å²) in [6.45, 7) is 8.21. The first-order chi connectivity index (χ1) is 13.1. The second-order valence-electron chi connectivity index (χ2n) is 6.73.